The molecule has 0 spiro atoms. The predicted octanol–water partition coefficient (Wildman–Crippen LogP) is 1.29. The van der Waals surface area contributed by atoms with E-state index in [1.54, 1.807) is 12.1 Å². The van der Waals surface area contributed by atoms with Gasteiger partial charge in [-0.15, -0.1) is 0 Å². The third-order valence-corrected chi connectivity index (χ3v) is 2.73. The number of nitrogens with one attached hydrogen (secondary N) is 1. The SMILES string of the molecule is O=[N+]([O-])c1ccc(CO)cc1NC1CCOC1. The Kier molecular flexibility index (Phi) is 3.55. The molecule has 0 radical (unpaired) electrons. The molecule has 6 heteroatoms. The highest BCUT2D eigenvalue weighted by atomic mass is 16.6. The fourth-order valence-electron chi connectivity index (χ4n) is 1.82. The van der Waals surface area contributed by atoms with Crippen molar-refractivity contribution in [3.63, 3.8) is 0 Å². The summed E-state index contributed by atoms with van der Waals surface area (Å²) in [4.78, 5) is 10.4. The smallest absolute Gasteiger partial charge is 0.292 e. The average Bonchev–Trinajstić information content (AvgIpc) is 2.81. The molecular formula is C11H14N2O4. The van der Waals surface area contributed by atoms with Crippen molar-refractivity contribution in [2.24, 2.45) is 0 Å². The second-order valence-electron chi connectivity index (χ2n) is 3.97. The molecular weight excluding hydrogens is 224 g/mol. The summed E-state index contributed by atoms with van der Waals surface area (Å²) in [7, 11) is 0. The molecule has 0 aromatic heterocycles. The summed E-state index contributed by atoms with van der Waals surface area (Å²) in [5.41, 5.74) is 1.11. The molecule has 1 unspecified atom stereocenters. The van der Waals surface area contributed by atoms with Crippen molar-refractivity contribution < 1.29 is 14.8 Å². The molecule has 2 rings (SSSR count). The summed E-state index contributed by atoms with van der Waals surface area (Å²) in [6.07, 6.45) is 0.834. The van der Waals surface area contributed by atoms with E-state index in [2.05, 4.69) is 5.32 Å². The Morgan fingerprint density at radius 1 is 1.59 bits per heavy atom. The van der Waals surface area contributed by atoms with Gasteiger partial charge in [0.2, 0.25) is 0 Å². The Balaban J connectivity index is 2.24. The van der Waals surface area contributed by atoms with Crippen LogP contribution >= 0.6 is 0 Å². The van der Waals surface area contributed by atoms with Gasteiger partial charge in [-0.2, -0.15) is 0 Å². The van der Waals surface area contributed by atoms with Crippen LogP contribution < -0.4 is 5.32 Å². The van der Waals surface area contributed by atoms with Gasteiger partial charge in [0.25, 0.3) is 5.69 Å². The zero-order chi connectivity index (χ0) is 12.3. The molecule has 0 bridgehead atoms. The number of aliphatic hydroxyl groups is 1. The number of ether oxygens (including phenoxy) is 1. The van der Waals surface area contributed by atoms with Gasteiger partial charge in [0.05, 0.1) is 24.2 Å². The number of rotatable bonds is 4. The van der Waals surface area contributed by atoms with Gasteiger partial charge >= 0.3 is 0 Å². The lowest BCUT2D eigenvalue weighted by molar-refractivity contribution is -0.384. The van der Waals surface area contributed by atoms with Crippen LogP contribution in [0.3, 0.4) is 0 Å². The van der Waals surface area contributed by atoms with Gasteiger partial charge in [-0.1, -0.05) is 0 Å². The van der Waals surface area contributed by atoms with Gasteiger partial charge in [-0.25, -0.2) is 0 Å². The summed E-state index contributed by atoms with van der Waals surface area (Å²) >= 11 is 0. The summed E-state index contributed by atoms with van der Waals surface area (Å²) in [6.45, 7) is 1.10. The molecule has 6 nitrogen and oxygen atoms in total. The van der Waals surface area contributed by atoms with Crippen LogP contribution in [-0.2, 0) is 11.3 Å². The van der Waals surface area contributed by atoms with E-state index < -0.39 is 4.92 Å². The number of anilines is 1. The van der Waals surface area contributed by atoms with Crippen LogP contribution in [0.4, 0.5) is 11.4 Å². The lowest BCUT2D eigenvalue weighted by atomic mass is 10.1. The van der Waals surface area contributed by atoms with Crippen LogP contribution in [0.1, 0.15) is 12.0 Å². The Labute approximate surface area is 98.4 Å². The van der Waals surface area contributed by atoms with Crippen molar-refractivity contribution >= 4 is 11.4 Å². The standard InChI is InChI=1S/C11H14N2O4/c14-6-8-1-2-11(13(15)16)10(5-8)12-9-3-4-17-7-9/h1-2,5,9,12,14H,3-4,6-7H2. The van der Waals surface area contributed by atoms with Crippen molar-refractivity contribution in [3.05, 3.63) is 33.9 Å². The molecule has 2 N–H and O–H groups in total. The molecule has 1 fully saturated rings. The molecule has 0 saturated carbocycles. The number of hydrogen-bond donors (Lipinski definition) is 2. The fourth-order valence-corrected chi connectivity index (χ4v) is 1.82. The first-order valence-electron chi connectivity index (χ1n) is 5.43. The molecule has 17 heavy (non-hydrogen) atoms. The van der Waals surface area contributed by atoms with Crippen molar-refractivity contribution in [2.45, 2.75) is 19.1 Å². The number of nitrogens with zero attached hydrogens (tertiary/aromatic N) is 1. The maximum atomic E-state index is 10.9. The molecule has 1 atom stereocenters. The largest absolute Gasteiger partial charge is 0.392 e. The minimum absolute atomic E-state index is 0.0223. The Morgan fingerprint density at radius 2 is 2.41 bits per heavy atom. The van der Waals surface area contributed by atoms with Crippen LogP contribution in [0, 0.1) is 10.1 Å². The summed E-state index contributed by atoms with van der Waals surface area (Å²) < 4.78 is 5.20. The number of aliphatic hydroxyl groups excluding tert-OH is 1. The highest BCUT2D eigenvalue weighted by Crippen LogP contribution is 2.27. The fraction of sp³-hybridized carbons (Fsp3) is 0.455. The lowest BCUT2D eigenvalue weighted by Gasteiger charge is -2.13. The normalized spacial score (nSPS) is 19.2. The van der Waals surface area contributed by atoms with Gasteiger partial charge in [0.15, 0.2) is 0 Å². The third kappa shape index (κ3) is 2.72. The minimum atomic E-state index is -0.431. The van der Waals surface area contributed by atoms with E-state index in [9.17, 15) is 10.1 Å². The molecule has 0 aliphatic carbocycles. The van der Waals surface area contributed by atoms with Crippen molar-refractivity contribution in [1.29, 1.82) is 0 Å². The van der Waals surface area contributed by atoms with Crippen LogP contribution in [0.5, 0.6) is 0 Å². The highest BCUT2D eigenvalue weighted by Gasteiger charge is 2.20. The number of nitro benzene ring substituents is 1. The monoisotopic (exact) mass is 238 g/mol. The van der Waals surface area contributed by atoms with E-state index in [-0.39, 0.29) is 18.3 Å². The molecule has 1 aliphatic heterocycles. The van der Waals surface area contributed by atoms with E-state index in [1.807, 2.05) is 0 Å². The van der Waals surface area contributed by atoms with Crippen molar-refractivity contribution in [2.75, 3.05) is 18.5 Å². The van der Waals surface area contributed by atoms with Gasteiger partial charge in [0, 0.05) is 12.7 Å². The van der Waals surface area contributed by atoms with Crippen LogP contribution in [0.15, 0.2) is 18.2 Å². The maximum absolute atomic E-state index is 10.9. The Morgan fingerprint density at radius 3 is 3.00 bits per heavy atom. The first-order chi connectivity index (χ1) is 8.20. The van der Waals surface area contributed by atoms with Gasteiger partial charge < -0.3 is 15.2 Å². The lowest BCUT2D eigenvalue weighted by Crippen LogP contribution is -2.19. The predicted molar refractivity (Wildman–Crippen MR) is 61.9 cm³/mol. The Hall–Kier alpha value is -1.66. The second kappa shape index (κ2) is 5.11. The molecule has 92 valence electrons. The van der Waals surface area contributed by atoms with Crippen molar-refractivity contribution in [1.82, 2.24) is 0 Å². The number of nitro groups is 1. The topological polar surface area (TPSA) is 84.6 Å². The van der Waals surface area contributed by atoms with Gasteiger partial charge in [0.1, 0.15) is 5.69 Å². The van der Waals surface area contributed by atoms with Gasteiger partial charge in [-0.3, -0.25) is 10.1 Å². The van der Waals surface area contributed by atoms with E-state index in [1.165, 1.54) is 6.07 Å². The maximum Gasteiger partial charge on any atom is 0.292 e. The molecule has 1 aromatic rings. The average molecular weight is 238 g/mol. The highest BCUT2D eigenvalue weighted by molar-refractivity contribution is 5.63. The van der Waals surface area contributed by atoms with E-state index >= 15 is 0 Å². The second-order valence-corrected chi connectivity index (χ2v) is 3.97. The van der Waals surface area contributed by atoms with Crippen molar-refractivity contribution in [3.8, 4) is 0 Å². The van der Waals surface area contributed by atoms with Crippen LogP contribution in [-0.4, -0.2) is 29.3 Å². The third-order valence-electron chi connectivity index (χ3n) is 2.73. The summed E-state index contributed by atoms with van der Waals surface area (Å²) in [5.74, 6) is 0. The van der Waals surface area contributed by atoms with Crippen LogP contribution in [0.25, 0.3) is 0 Å². The molecule has 1 aromatic carbocycles. The zero-order valence-corrected chi connectivity index (χ0v) is 9.26. The molecule has 0 amide bonds. The first kappa shape index (κ1) is 11.8. The van der Waals surface area contributed by atoms with Crippen LogP contribution in [0.2, 0.25) is 0 Å². The minimum Gasteiger partial charge on any atom is -0.392 e. The van der Waals surface area contributed by atoms with E-state index in [4.69, 9.17) is 9.84 Å². The van der Waals surface area contributed by atoms with E-state index in [0.717, 1.165) is 6.42 Å². The zero-order valence-electron chi connectivity index (χ0n) is 9.26. The quantitative estimate of drug-likeness (QED) is 0.609. The molecule has 1 saturated heterocycles. The molecule has 1 aliphatic rings. The molecule has 1 heterocycles. The van der Waals surface area contributed by atoms with E-state index in [0.29, 0.717) is 24.5 Å². The van der Waals surface area contributed by atoms with Gasteiger partial charge in [-0.05, 0) is 24.1 Å². The Bertz CT molecular complexity index is 416. The summed E-state index contributed by atoms with van der Waals surface area (Å²) in [5, 5.41) is 23.0. The summed E-state index contributed by atoms with van der Waals surface area (Å²) in [6, 6.07) is 4.66. The number of benzene rings is 1. The number of hydrogen-bond acceptors (Lipinski definition) is 5. The first-order valence-corrected chi connectivity index (χ1v) is 5.43.